The van der Waals surface area contributed by atoms with Crippen molar-refractivity contribution in [2.24, 2.45) is 5.92 Å². The summed E-state index contributed by atoms with van der Waals surface area (Å²) in [7, 11) is 0. The van der Waals surface area contributed by atoms with Crippen LogP contribution in [0.25, 0.3) is 11.0 Å². The monoisotopic (exact) mass is 249 g/mol. The number of aromatic amines is 1. The quantitative estimate of drug-likeness (QED) is 0.849. The molecule has 2 aromatic heterocycles. The van der Waals surface area contributed by atoms with Gasteiger partial charge in [-0.1, -0.05) is 13.8 Å². The molecular weight excluding hydrogens is 230 g/mol. The number of ether oxygens (including phenoxy) is 1. The van der Waals surface area contributed by atoms with E-state index in [1.165, 1.54) is 0 Å². The number of rotatable bonds is 5. The normalized spacial score (nSPS) is 12.9. The van der Waals surface area contributed by atoms with E-state index in [4.69, 9.17) is 4.74 Å². The van der Waals surface area contributed by atoms with Crippen molar-refractivity contribution in [3.05, 3.63) is 6.20 Å². The molecule has 18 heavy (non-hydrogen) atoms. The molecule has 0 radical (unpaired) electrons. The fourth-order valence-corrected chi connectivity index (χ4v) is 1.45. The highest BCUT2D eigenvalue weighted by molar-refractivity contribution is 5.80. The molecular formula is C12H19N5O. The minimum atomic E-state index is 0.0903. The summed E-state index contributed by atoms with van der Waals surface area (Å²) < 4.78 is 5.88. The number of hydrogen-bond acceptors (Lipinski definition) is 5. The average Bonchev–Trinajstić information content (AvgIpc) is 2.77. The van der Waals surface area contributed by atoms with Crippen LogP contribution >= 0.6 is 0 Å². The fraction of sp³-hybridized carbons (Fsp3) is 0.583. The molecule has 0 saturated carbocycles. The van der Waals surface area contributed by atoms with Crippen LogP contribution in [-0.2, 0) is 0 Å². The first-order valence-electron chi connectivity index (χ1n) is 6.23. The number of nitrogens with one attached hydrogen (secondary N) is 2. The van der Waals surface area contributed by atoms with Gasteiger partial charge < -0.3 is 10.1 Å². The van der Waals surface area contributed by atoms with Crippen molar-refractivity contribution in [2.75, 3.05) is 11.9 Å². The van der Waals surface area contributed by atoms with Gasteiger partial charge in [0, 0.05) is 6.54 Å². The van der Waals surface area contributed by atoms with E-state index in [9.17, 15) is 0 Å². The highest BCUT2D eigenvalue weighted by atomic mass is 16.5. The van der Waals surface area contributed by atoms with Gasteiger partial charge in [-0.25, -0.2) is 0 Å². The Bertz CT molecular complexity index is 522. The molecule has 2 aromatic rings. The molecule has 0 saturated heterocycles. The minimum absolute atomic E-state index is 0.0903. The molecule has 1 unspecified atom stereocenters. The predicted molar refractivity (Wildman–Crippen MR) is 70.8 cm³/mol. The third-order valence-corrected chi connectivity index (χ3v) is 2.85. The second-order valence-electron chi connectivity index (χ2n) is 4.58. The summed E-state index contributed by atoms with van der Waals surface area (Å²) in [5.74, 6) is 1.55. The van der Waals surface area contributed by atoms with Crippen molar-refractivity contribution in [2.45, 2.75) is 33.8 Å². The fourth-order valence-electron chi connectivity index (χ4n) is 1.45. The molecule has 0 spiro atoms. The molecule has 0 aliphatic heterocycles. The lowest BCUT2D eigenvalue weighted by molar-refractivity contribution is 0.166. The number of H-pyrrole nitrogens is 1. The molecule has 0 aliphatic carbocycles. The molecule has 1 atom stereocenters. The molecule has 6 nitrogen and oxygen atoms in total. The maximum absolute atomic E-state index is 5.88. The lowest BCUT2D eigenvalue weighted by Gasteiger charge is -2.17. The van der Waals surface area contributed by atoms with Gasteiger partial charge >= 0.3 is 0 Å². The molecule has 98 valence electrons. The van der Waals surface area contributed by atoms with E-state index in [2.05, 4.69) is 39.3 Å². The molecule has 0 amide bonds. The van der Waals surface area contributed by atoms with Gasteiger partial charge in [0.1, 0.15) is 5.39 Å². The zero-order chi connectivity index (χ0) is 13.1. The standard InChI is InChI=1S/C12H19N5O/c1-5-13-12-15-10-9(6-14-17-10)11(16-12)18-8(4)7(2)3/h6-8H,5H2,1-4H3,(H2,13,14,15,16,17). The number of anilines is 1. The van der Waals surface area contributed by atoms with E-state index in [-0.39, 0.29) is 6.10 Å². The van der Waals surface area contributed by atoms with Crippen LogP contribution < -0.4 is 10.1 Å². The predicted octanol–water partition coefficient (Wildman–Crippen LogP) is 2.21. The Hall–Kier alpha value is -1.85. The second-order valence-corrected chi connectivity index (χ2v) is 4.58. The van der Waals surface area contributed by atoms with E-state index in [0.29, 0.717) is 23.4 Å². The highest BCUT2D eigenvalue weighted by Gasteiger charge is 2.15. The van der Waals surface area contributed by atoms with E-state index in [1.54, 1.807) is 6.20 Å². The SMILES string of the molecule is CCNc1nc(OC(C)C(C)C)c2cn[nH]c2n1. The summed E-state index contributed by atoms with van der Waals surface area (Å²) in [6, 6.07) is 0. The maximum Gasteiger partial charge on any atom is 0.229 e. The first-order valence-corrected chi connectivity index (χ1v) is 6.23. The van der Waals surface area contributed by atoms with Crippen LogP contribution in [0.15, 0.2) is 6.20 Å². The summed E-state index contributed by atoms with van der Waals surface area (Å²) in [4.78, 5) is 8.70. The van der Waals surface area contributed by atoms with Gasteiger partial charge in [-0.2, -0.15) is 15.1 Å². The summed E-state index contributed by atoms with van der Waals surface area (Å²) in [5.41, 5.74) is 0.687. The summed E-state index contributed by atoms with van der Waals surface area (Å²) >= 11 is 0. The molecule has 2 heterocycles. The Morgan fingerprint density at radius 1 is 1.33 bits per heavy atom. The first kappa shape index (κ1) is 12.6. The number of aromatic nitrogens is 4. The summed E-state index contributed by atoms with van der Waals surface area (Å²) in [5, 5.41) is 10.7. The highest BCUT2D eigenvalue weighted by Crippen LogP contribution is 2.24. The van der Waals surface area contributed by atoms with E-state index in [0.717, 1.165) is 11.9 Å². The second kappa shape index (κ2) is 5.20. The van der Waals surface area contributed by atoms with Crippen molar-refractivity contribution in [3.8, 4) is 5.88 Å². The van der Waals surface area contributed by atoms with Crippen molar-refractivity contribution >= 4 is 17.0 Å². The van der Waals surface area contributed by atoms with Crippen LogP contribution in [0.3, 0.4) is 0 Å². The average molecular weight is 249 g/mol. The third-order valence-electron chi connectivity index (χ3n) is 2.85. The van der Waals surface area contributed by atoms with Crippen LogP contribution in [0, 0.1) is 5.92 Å². The van der Waals surface area contributed by atoms with Crippen LogP contribution in [0.5, 0.6) is 5.88 Å². The van der Waals surface area contributed by atoms with Crippen molar-refractivity contribution in [1.29, 1.82) is 0 Å². The van der Waals surface area contributed by atoms with E-state index < -0.39 is 0 Å². The lowest BCUT2D eigenvalue weighted by atomic mass is 10.1. The van der Waals surface area contributed by atoms with Gasteiger partial charge in [0.25, 0.3) is 0 Å². The van der Waals surface area contributed by atoms with Crippen LogP contribution in [0.1, 0.15) is 27.7 Å². The van der Waals surface area contributed by atoms with Crippen molar-refractivity contribution in [1.82, 2.24) is 20.2 Å². The van der Waals surface area contributed by atoms with Gasteiger partial charge in [-0.05, 0) is 19.8 Å². The maximum atomic E-state index is 5.88. The molecule has 0 aliphatic rings. The minimum Gasteiger partial charge on any atom is -0.474 e. The third kappa shape index (κ3) is 2.52. The summed E-state index contributed by atoms with van der Waals surface area (Å²) in [6.07, 6.45) is 1.78. The van der Waals surface area contributed by atoms with Crippen molar-refractivity contribution in [3.63, 3.8) is 0 Å². The van der Waals surface area contributed by atoms with Gasteiger partial charge in [-0.3, -0.25) is 5.10 Å². The van der Waals surface area contributed by atoms with Crippen LogP contribution in [-0.4, -0.2) is 32.8 Å². The molecule has 6 heteroatoms. The topological polar surface area (TPSA) is 75.7 Å². The van der Waals surface area contributed by atoms with Crippen LogP contribution in [0.4, 0.5) is 5.95 Å². The first-order chi connectivity index (χ1) is 8.61. The number of fused-ring (bicyclic) bond motifs is 1. The van der Waals surface area contributed by atoms with Gasteiger partial charge in [0.2, 0.25) is 11.8 Å². The Morgan fingerprint density at radius 2 is 2.11 bits per heavy atom. The van der Waals surface area contributed by atoms with Gasteiger partial charge in [-0.15, -0.1) is 0 Å². The molecule has 2 N–H and O–H groups in total. The number of hydrogen-bond donors (Lipinski definition) is 2. The van der Waals surface area contributed by atoms with E-state index in [1.807, 2.05) is 13.8 Å². The molecule has 0 fully saturated rings. The largest absolute Gasteiger partial charge is 0.474 e. The summed E-state index contributed by atoms with van der Waals surface area (Å²) in [6.45, 7) is 9.02. The van der Waals surface area contributed by atoms with Gasteiger partial charge in [0.15, 0.2) is 5.65 Å². The smallest absolute Gasteiger partial charge is 0.229 e. The Morgan fingerprint density at radius 3 is 2.78 bits per heavy atom. The van der Waals surface area contributed by atoms with Gasteiger partial charge in [0.05, 0.1) is 12.3 Å². The lowest BCUT2D eigenvalue weighted by Crippen LogP contribution is -2.19. The molecule has 0 bridgehead atoms. The van der Waals surface area contributed by atoms with Crippen LogP contribution in [0.2, 0.25) is 0 Å². The molecule has 2 rings (SSSR count). The molecule has 0 aromatic carbocycles. The van der Waals surface area contributed by atoms with E-state index >= 15 is 0 Å². The Labute approximate surface area is 106 Å². The zero-order valence-corrected chi connectivity index (χ0v) is 11.2. The number of nitrogens with zero attached hydrogens (tertiary/aromatic N) is 3. The van der Waals surface area contributed by atoms with Crippen molar-refractivity contribution < 1.29 is 4.74 Å². The Kier molecular flexibility index (Phi) is 3.64. The zero-order valence-electron chi connectivity index (χ0n) is 11.2. The Balaban J connectivity index is 2.37.